The molecule has 2 aliphatic heterocycles. The maximum Gasteiger partial charge on any atom is 0.222 e. The number of hydrogen-bond acceptors (Lipinski definition) is 3. The number of carbonyl (C=O) groups excluding carboxylic acids is 1. The van der Waals surface area contributed by atoms with E-state index in [0.29, 0.717) is 36.2 Å². The third-order valence-electron chi connectivity index (χ3n) is 6.84. The summed E-state index contributed by atoms with van der Waals surface area (Å²) in [7, 11) is 2.03. The van der Waals surface area contributed by atoms with Crippen LogP contribution in [0, 0.1) is 11.8 Å². The summed E-state index contributed by atoms with van der Waals surface area (Å²) in [6.07, 6.45) is 5.30. The van der Waals surface area contributed by atoms with Crippen molar-refractivity contribution in [2.75, 3.05) is 26.7 Å². The highest BCUT2D eigenvalue weighted by molar-refractivity contribution is 5.76. The number of benzene rings is 1. The third-order valence-corrected chi connectivity index (χ3v) is 6.84. The van der Waals surface area contributed by atoms with Crippen LogP contribution in [0.2, 0.25) is 0 Å². The molecule has 2 aliphatic rings. The van der Waals surface area contributed by atoms with E-state index in [2.05, 4.69) is 59.3 Å². The topological polar surface area (TPSA) is 35.6 Å². The largest absolute Gasteiger partial charge is 0.343 e. The van der Waals surface area contributed by atoms with Gasteiger partial charge in [-0.05, 0) is 63.1 Å². The summed E-state index contributed by atoms with van der Waals surface area (Å²) in [5, 5.41) is 3.42. The zero-order chi connectivity index (χ0) is 19.2. The van der Waals surface area contributed by atoms with E-state index in [1.165, 1.54) is 18.4 Å². The lowest BCUT2D eigenvalue weighted by Crippen LogP contribution is -2.49. The van der Waals surface area contributed by atoms with E-state index in [1.54, 1.807) is 0 Å². The summed E-state index contributed by atoms with van der Waals surface area (Å²) >= 11 is 0. The smallest absolute Gasteiger partial charge is 0.222 e. The van der Waals surface area contributed by atoms with Gasteiger partial charge in [0.25, 0.3) is 0 Å². The second kappa shape index (κ2) is 9.70. The summed E-state index contributed by atoms with van der Waals surface area (Å²) in [4.78, 5) is 17.5. The lowest BCUT2D eigenvalue weighted by atomic mass is 9.83. The van der Waals surface area contributed by atoms with Gasteiger partial charge in [0.2, 0.25) is 5.91 Å². The van der Waals surface area contributed by atoms with Crippen molar-refractivity contribution in [1.82, 2.24) is 15.1 Å². The molecule has 3 rings (SSSR count). The van der Waals surface area contributed by atoms with E-state index in [9.17, 15) is 4.79 Å². The SMILES string of the molecule is CC(CC(=O)N(C)C1CCN(Cc2ccccc2)C(C)C1)C1CCNCC1. The number of nitrogens with one attached hydrogen (secondary N) is 1. The second-order valence-corrected chi connectivity index (χ2v) is 8.76. The normalized spacial score (nSPS) is 25.9. The van der Waals surface area contributed by atoms with Crippen LogP contribution in [-0.4, -0.2) is 54.5 Å². The van der Waals surface area contributed by atoms with Crippen LogP contribution >= 0.6 is 0 Å². The summed E-state index contributed by atoms with van der Waals surface area (Å²) in [5.74, 6) is 1.54. The van der Waals surface area contributed by atoms with Crippen molar-refractivity contribution in [3.63, 3.8) is 0 Å². The molecule has 1 amide bonds. The maximum absolute atomic E-state index is 12.9. The van der Waals surface area contributed by atoms with Crippen LogP contribution in [0.1, 0.15) is 51.5 Å². The van der Waals surface area contributed by atoms with Gasteiger partial charge >= 0.3 is 0 Å². The monoisotopic (exact) mass is 371 g/mol. The first-order valence-electron chi connectivity index (χ1n) is 10.8. The van der Waals surface area contributed by atoms with Crippen LogP contribution in [0.4, 0.5) is 0 Å². The minimum atomic E-state index is 0.342. The first kappa shape index (κ1) is 20.3. The number of piperidine rings is 2. The zero-order valence-corrected chi connectivity index (χ0v) is 17.4. The minimum absolute atomic E-state index is 0.342. The molecule has 3 unspecified atom stereocenters. The van der Waals surface area contributed by atoms with Crippen molar-refractivity contribution < 1.29 is 4.79 Å². The Balaban J connectivity index is 1.47. The number of hydrogen-bond donors (Lipinski definition) is 1. The summed E-state index contributed by atoms with van der Waals surface area (Å²) in [6, 6.07) is 11.6. The molecule has 0 bridgehead atoms. The molecule has 3 atom stereocenters. The van der Waals surface area contributed by atoms with Crippen molar-refractivity contribution in [3.05, 3.63) is 35.9 Å². The van der Waals surface area contributed by atoms with Crippen LogP contribution in [0.25, 0.3) is 0 Å². The highest BCUT2D eigenvalue weighted by atomic mass is 16.2. The first-order valence-corrected chi connectivity index (χ1v) is 10.8. The number of carbonyl (C=O) groups is 1. The molecule has 2 saturated heterocycles. The number of likely N-dealkylation sites (tertiary alicyclic amines) is 1. The fourth-order valence-electron chi connectivity index (χ4n) is 4.80. The second-order valence-electron chi connectivity index (χ2n) is 8.76. The molecular weight excluding hydrogens is 334 g/mol. The Kier molecular flexibility index (Phi) is 7.31. The van der Waals surface area contributed by atoms with Gasteiger partial charge in [0.15, 0.2) is 0 Å². The van der Waals surface area contributed by atoms with Crippen LogP contribution in [0.15, 0.2) is 30.3 Å². The Morgan fingerprint density at radius 3 is 2.59 bits per heavy atom. The maximum atomic E-state index is 12.9. The van der Waals surface area contributed by atoms with Crippen LogP contribution in [0.3, 0.4) is 0 Å². The molecule has 0 aliphatic carbocycles. The molecule has 1 aromatic rings. The molecule has 150 valence electrons. The van der Waals surface area contributed by atoms with Crippen LogP contribution < -0.4 is 5.32 Å². The lowest BCUT2D eigenvalue weighted by Gasteiger charge is -2.41. The lowest BCUT2D eigenvalue weighted by molar-refractivity contribution is -0.134. The summed E-state index contributed by atoms with van der Waals surface area (Å²) in [6.45, 7) is 8.88. The minimum Gasteiger partial charge on any atom is -0.343 e. The Morgan fingerprint density at radius 1 is 1.22 bits per heavy atom. The first-order chi connectivity index (χ1) is 13.0. The van der Waals surface area contributed by atoms with E-state index in [-0.39, 0.29) is 0 Å². The van der Waals surface area contributed by atoms with Crippen LogP contribution in [-0.2, 0) is 11.3 Å². The van der Waals surface area contributed by atoms with Gasteiger partial charge in [-0.15, -0.1) is 0 Å². The summed E-state index contributed by atoms with van der Waals surface area (Å²) in [5.41, 5.74) is 1.38. The predicted octanol–water partition coefficient (Wildman–Crippen LogP) is 3.52. The molecule has 0 aromatic heterocycles. The van der Waals surface area contributed by atoms with Crippen molar-refractivity contribution >= 4 is 5.91 Å². The van der Waals surface area contributed by atoms with Gasteiger partial charge in [-0.25, -0.2) is 0 Å². The molecule has 1 N–H and O–H groups in total. The van der Waals surface area contributed by atoms with E-state index in [1.807, 2.05) is 7.05 Å². The average molecular weight is 372 g/mol. The molecular formula is C23H37N3O. The molecule has 0 spiro atoms. The third kappa shape index (κ3) is 5.55. The van der Waals surface area contributed by atoms with Crippen molar-refractivity contribution in [2.24, 2.45) is 11.8 Å². The highest BCUT2D eigenvalue weighted by Crippen LogP contribution is 2.27. The fraction of sp³-hybridized carbons (Fsp3) is 0.696. The van der Waals surface area contributed by atoms with Crippen molar-refractivity contribution in [3.8, 4) is 0 Å². The molecule has 2 fully saturated rings. The Bertz CT molecular complexity index is 585. The molecule has 1 aromatic carbocycles. The van der Waals surface area contributed by atoms with Crippen molar-refractivity contribution in [2.45, 2.75) is 64.6 Å². The molecule has 4 nitrogen and oxygen atoms in total. The molecule has 2 heterocycles. The van der Waals surface area contributed by atoms with Gasteiger partial charge < -0.3 is 10.2 Å². The molecule has 4 heteroatoms. The molecule has 27 heavy (non-hydrogen) atoms. The average Bonchev–Trinajstić information content (AvgIpc) is 2.70. The Labute approximate surface area is 165 Å². The summed E-state index contributed by atoms with van der Waals surface area (Å²) < 4.78 is 0. The molecule has 0 saturated carbocycles. The van der Waals surface area contributed by atoms with E-state index in [4.69, 9.17) is 0 Å². The standard InChI is InChI=1S/C23H37N3O/c1-18(21-9-12-24-13-10-21)15-23(27)25(3)22-11-14-26(19(2)16-22)17-20-7-5-4-6-8-20/h4-8,18-19,21-22,24H,9-17H2,1-3H3. The van der Waals surface area contributed by atoms with E-state index >= 15 is 0 Å². The van der Waals surface area contributed by atoms with E-state index < -0.39 is 0 Å². The fourth-order valence-corrected chi connectivity index (χ4v) is 4.80. The van der Waals surface area contributed by atoms with Gasteiger partial charge in [-0.2, -0.15) is 0 Å². The Morgan fingerprint density at radius 2 is 1.93 bits per heavy atom. The van der Waals surface area contributed by atoms with Gasteiger partial charge in [0.1, 0.15) is 0 Å². The van der Waals surface area contributed by atoms with Crippen molar-refractivity contribution in [1.29, 1.82) is 0 Å². The van der Waals surface area contributed by atoms with Gasteiger partial charge in [0.05, 0.1) is 0 Å². The quantitative estimate of drug-likeness (QED) is 0.831. The zero-order valence-electron chi connectivity index (χ0n) is 17.4. The van der Waals surface area contributed by atoms with E-state index in [0.717, 1.165) is 39.0 Å². The number of nitrogens with zero attached hydrogens (tertiary/aromatic N) is 2. The van der Waals surface area contributed by atoms with Gasteiger partial charge in [0, 0.05) is 38.6 Å². The van der Waals surface area contributed by atoms with Crippen LogP contribution in [0.5, 0.6) is 0 Å². The Hall–Kier alpha value is -1.39. The highest BCUT2D eigenvalue weighted by Gasteiger charge is 2.31. The van der Waals surface area contributed by atoms with Gasteiger partial charge in [-0.3, -0.25) is 9.69 Å². The number of rotatable bonds is 6. The predicted molar refractivity (Wildman–Crippen MR) is 111 cm³/mol. The van der Waals surface area contributed by atoms with Gasteiger partial charge in [-0.1, -0.05) is 37.3 Å². The number of amides is 1. The molecule has 0 radical (unpaired) electrons.